The molecular formula is C9H5Cl2IS. The summed E-state index contributed by atoms with van der Waals surface area (Å²) >= 11 is 15.9. The van der Waals surface area contributed by atoms with Gasteiger partial charge in [0, 0.05) is 24.7 Å². The fraction of sp³-hybridized carbons (Fsp3) is 0.111. The van der Waals surface area contributed by atoms with Crippen molar-refractivity contribution in [2.75, 3.05) is 0 Å². The van der Waals surface area contributed by atoms with E-state index < -0.39 is 0 Å². The van der Waals surface area contributed by atoms with E-state index >= 15 is 0 Å². The highest BCUT2D eigenvalue weighted by atomic mass is 127. The van der Waals surface area contributed by atoms with Gasteiger partial charge in [-0.3, -0.25) is 0 Å². The van der Waals surface area contributed by atoms with E-state index in [9.17, 15) is 0 Å². The SMILES string of the molecule is ClCc1c(Cl)cc2ccsc2c1I. The second-order valence-electron chi connectivity index (χ2n) is 2.62. The lowest BCUT2D eigenvalue weighted by atomic mass is 10.2. The van der Waals surface area contributed by atoms with Gasteiger partial charge in [-0.1, -0.05) is 11.6 Å². The zero-order valence-corrected chi connectivity index (χ0v) is 11.0. The van der Waals surface area contributed by atoms with Crippen molar-refractivity contribution in [3.63, 3.8) is 0 Å². The lowest BCUT2D eigenvalue weighted by molar-refractivity contribution is 1.40. The standard InChI is InChI=1S/C9H5Cl2IS/c10-4-6-7(11)3-5-1-2-13-9(5)8(6)12/h1-3H,4H2. The summed E-state index contributed by atoms with van der Waals surface area (Å²) in [5.74, 6) is 0.477. The van der Waals surface area contributed by atoms with Crippen LogP contribution in [0, 0.1) is 3.57 Å². The highest BCUT2D eigenvalue weighted by Gasteiger charge is 2.09. The first kappa shape index (κ1) is 10.0. The Morgan fingerprint density at radius 1 is 1.46 bits per heavy atom. The normalized spacial score (nSPS) is 11.0. The molecule has 0 aliphatic carbocycles. The monoisotopic (exact) mass is 342 g/mol. The number of thiophene rings is 1. The molecule has 0 bridgehead atoms. The van der Waals surface area contributed by atoms with Gasteiger partial charge in [0.1, 0.15) is 0 Å². The molecule has 68 valence electrons. The van der Waals surface area contributed by atoms with Gasteiger partial charge in [-0.25, -0.2) is 0 Å². The number of hydrogen-bond donors (Lipinski definition) is 0. The van der Waals surface area contributed by atoms with E-state index in [1.165, 1.54) is 13.7 Å². The lowest BCUT2D eigenvalue weighted by Crippen LogP contribution is -1.86. The quantitative estimate of drug-likeness (QED) is 0.511. The fourth-order valence-electron chi connectivity index (χ4n) is 1.20. The Bertz CT molecular complexity index is 450. The first-order valence-corrected chi connectivity index (χ1v) is 6.51. The summed E-state index contributed by atoms with van der Waals surface area (Å²) < 4.78 is 2.46. The second kappa shape index (κ2) is 3.93. The van der Waals surface area contributed by atoms with E-state index in [-0.39, 0.29) is 0 Å². The van der Waals surface area contributed by atoms with Crippen LogP contribution in [0.5, 0.6) is 0 Å². The Morgan fingerprint density at radius 3 is 2.92 bits per heavy atom. The van der Waals surface area contributed by atoms with Gasteiger partial charge in [0.2, 0.25) is 0 Å². The molecule has 0 saturated heterocycles. The third-order valence-corrected chi connectivity index (χ3v) is 4.97. The largest absolute Gasteiger partial charge is 0.143 e. The molecule has 2 rings (SSSR count). The van der Waals surface area contributed by atoms with E-state index in [1.807, 2.05) is 6.07 Å². The van der Waals surface area contributed by atoms with Crippen LogP contribution in [0.2, 0.25) is 5.02 Å². The van der Waals surface area contributed by atoms with Crippen molar-refractivity contribution in [2.24, 2.45) is 0 Å². The van der Waals surface area contributed by atoms with Crippen LogP contribution < -0.4 is 0 Å². The molecule has 1 aromatic heterocycles. The number of halogens is 3. The molecular weight excluding hydrogens is 338 g/mol. The average Bonchev–Trinajstić information content (AvgIpc) is 2.53. The van der Waals surface area contributed by atoms with E-state index in [0.717, 1.165) is 10.6 Å². The van der Waals surface area contributed by atoms with Crippen molar-refractivity contribution >= 4 is 67.2 Å². The molecule has 0 fully saturated rings. The summed E-state index contributed by atoms with van der Waals surface area (Å²) in [5.41, 5.74) is 1.04. The van der Waals surface area contributed by atoms with E-state index in [1.54, 1.807) is 11.3 Å². The minimum Gasteiger partial charge on any atom is -0.143 e. The van der Waals surface area contributed by atoms with E-state index in [4.69, 9.17) is 23.2 Å². The molecule has 2 aromatic rings. The molecule has 1 aromatic carbocycles. The predicted octanol–water partition coefficient (Wildman–Crippen LogP) is 4.90. The van der Waals surface area contributed by atoms with Crippen molar-refractivity contribution in [1.82, 2.24) is 0 Å². The number of fused-ring (bicyclic) bond motifs is 1. The Morgan fingerprint density at radius 2 is 2.23 bits per heavy atom. The Balaban J connectivity index is 2.85. The summed E-state index contributed by atoms with van der Waals surface area (Å²) in [7, 11) is 0. The molecule has 0 saturated carbocycles. The van der Waals surface area contributed by atoms with Crippen LogP contribution in [0.25, 0.3) is 10.1 Å². The van der Waals surface area contributed by atoms with Gasteiger partial charge in [-0.2, -0.15) is 0 Å². The summed E-state index contributed by atoms with van der Waals surface area (Å²) in [4.78, 5) is 0. The van der Waals surface area contributed by atoms with Crippen molar-refractivity contribution in [1.29, 1.82) is 0 Å². The zero-order chi connectivity index (χ0) is 9.42. The predicted molar refractivity (Wildman–Crippen MR) is 69.1 cm³/mol. The smallest absolute Gasteiger partial charge is 0.0499 e. The van der Waals surface area contributed by atoms with E-state index in [2.05, 4.69) is 34.0 Å². The van der Waals surface area contributed by atoms with Gasteiger partial charge in [0.15, 0.2) is 0 Å². The van der Waals surface area contributed by atoms with Gasteiger partial charge < -0.3 is 0 Å². The molecule has 0 nitrogen and oxygen atoms in total. The molecule has 0 aliphatic heterocycles. The van der Waals surface area contributed by atoms with Crippen molar-refractivity contribution < 1.29 is 0 Å². The highest BCUT2D eigenvalue weighted by Crippen LogP contribution is 2.34. The average molecular weight is 343 g/mol. The molecule has 4 heteroatoms. The maximum absolute atomic E-state index is 6.08. The summed E-state index contributed by atoms with van der Waals surface area (Å²) in [6.45, 7) is 0. The van der Waals surface area contributed by atoms with Gasteiger partial charge in [0.25, 0.3) is 0 Å². The topological polar surface area (TPSA) is 0 Å². The first-order chi connectivity index (χ1) is 6.24. The van der Waals surface area contributed by atoms with Crippen LogP contribution in [-0.4, -0.2) is 0 Å². The van der Waals surface area contributed by atoms with Gasteiger partial charge >= 0.3 is 0 Å². The fourth-order valence-corrected chi connectivity index (χ4v) is 4.22. The Labute approximate surface area is 104 Å². The van der Waals surface area contributed by atoms with Crippen LogP contribution >= 0.6 is 57.1 Å². The number of alkyl halides is 1. The van der Waals surface area contributed by atoms with Crippen molar-refractivity contribution in [3.8, 4) is 0 Å². The van der Waals surface area contributed by atoms with Crippen LogP contribution in [-0.2, 0) is 5.88 Å². The third-order valence-electron chi connectivity index (χ3n) is 1.86. The summed E-state index contributed by atoms with van der Waals surface area (Å²) in [6.07, 6.45) is 0. The molecule has 0 N–H and O–H groups in total. The molecule has 0 aliphatic rings. The van der Waals surface area contributed by atoms with Crippen LogP contribution in [0.4, 0.5) is 0 Å². The van der Waals surface area contributed by atoms with Gasteiger partial charge in [0.05, 0.1) is 0 Å². The van der Waals surface area contributed by atoms with Crippen LogP contribution in [0.3, 0.4) is 0 Å². The van der Waals surface area contributed by atoms with E-state index in [0.29, 0.717) is 5.88 Å². The lowest BCUT2D eigenvalue weighted by Gasteiger charge is -2.04. The molecule has 0 atom stereocenters. The first-order valence-electron chi connectivity index (χ1n) is 3.64. The Hall–Kier alpha value is 0.490. The Kier molecular flexibility index (Phi) is 3.03. The molecule has 1 heterocycles. The minimum absolute atomic E-state index is 0.477. The van der Waals surface area contributed by atoms with Crippen molar-refractivity contribution in [3.05, 3.63) is 31.7 Å². The zero-order valence-electron chi connectivity index (χ0n) is 6.48. The van der Waals surface area contributed by atoms with Crippen molar-refractivity contribution in [2.45, 2.75) is 5.88 Å². The number of hydrogen-bond acceptors (Lipinski definition) is 1. The highest BCUT2D eigenvalue weighted by molar-refractivity contribution is 14.1. The minimum atomic E-state index is 0.477. The van der Waals surface area contributed by atoms with Gasteiger partial charge in [-0.05, 0) is 45.5 Å². The third kappa shape index (κ3) is 1.69. The number of benzene rings is 1. The summed E-state index contributed by atoms with van der Waals surface area (Å²) in [6, 6.07) is 4.05. The number of rotatable bonds is 1. The molecule has 0 radical (unpaired) electrons. The maximum atomic E-state index is 6.08. The molecule has 13 heavy (non-hydrogen) atoms. The molecule has 0 spiro atoms. The van der Waals surface area contributed by atoms with Crippen LogP contribution in [0.1, 0.15) is 5.56 Å². The molecule has 0 unspecified atom stereocenters. The van der Waals surface area contributed by atoms with Gasteiger partial charge in [-0.15, -0.1) is 22.9 Å². The second-order valence-corrected chi connectivity index (χ2v) is 5.29. The summed E-state index contributed by atoms with van der Waals surface area (Å²) in [5, 5.41) is 4.04. The van der Waals surface area contributed by atoms with Crippen LogP contribution in [0.15, 0.2) is 17.5 Å². The molecule has 0 amide bonds. The maximum Gasteiger partial charge on any atom is 0.0499 e.